The maximum atomic E-state index is 13.7. The Balaban J connectivity index is 1.40. The molecule has 6 rings (SSSR count). The lowest BCUT2D eigenvalue weighted by Crippen LogP contribution is -2.72. The Kier molecular flexibility index (Phi) is 2.93. The van der Waals surface area contributed by atoms with Gasteiger partial charge in [-0.3, -0.25) is 9.59 Å². The molecule has 132 valence electrons. The van der Waals surface area contributed by atoms with Gasteiger partial charge >= 0.3 is 11.1 Å². The van der Waals surface area contributed by atoms with E-state index < -0.39 is 22.3 Å². The van der Waals surface area contributed by atoms with Crippen LogP contribution in [0.5, 0.6) is 0 Å². The zero-order valence-electron chi connectivity index (χ0n) is 13.9. The van der Waals surface area contributed by atoms with E-state index in [9.17, 15) is 14.0 Å². The largest absolute Gasteiger partial charge is 0.316 e. The molecule has 7 nitrogen and oxygen atoms in total. The first-order valence-electron chi connectivity index (χ1n) is 8.45. The highest BCUT2D eigenvalue weighted by atomic mass is 19.1. The van der Waals surface area contributed by atoms with Gasteiger partial charge in [-0.1, -0.05) is 6.07 Å². The van der Waals surface area contributed by atoms with Crippen LogP contribution >= 0.6 is 0 Å². The summed E-state index contributed by atoms with van der Waals surface area (Å²) in [6, 6.07) is 5.45. The summed E-state index contributed by atoms with van der Waals surface area (Å²) < 4.78 is 18.1. The number of alkyl halides is 1. The molecule has 0 saturated heterocycles. The molecule has 0 spiro atoms. The topological polar surface area (TPSA) is 74.7 Å². The monoisotopic (exact) mass is 353 g/mol. The molecule has 0 radical (unpaired) electrons. The highest BCUT2D eigenvalue weighted by molar-refractivity contribution is 5.25. The SMILES string of the molecule is O=c1c(=O)n(C23CC(F)(C2)C3)ccn1Cc1ccc(-n2cccn2)nc1. The third-order valence-corrected chi connectivity index (χ3v) is 5.41. The molecule has 8 heteroatoms. The van der Waals surface area contributed by atoms with Crippen molar-refractivity contribution in [1.29, 1.82) is 0 Å². The summed E-state index contributed by atoms with van der Waals surface area (Å²) in [6.45, 7) is 0.251. The minimum Gasteiger partial charge on any atom is -0.305 e. The van der Waals surface area contributed by atoms with Gasteiger partial charge in [-0.25, -0.2) is 14.1 Å². The minimum absolute atomic E-state index is 0.251. The van der Waals surface area contributed by atoms with Crippen LogP contribution in [0.1, 0.15) is 24.8 Å². The zero-order valence-corrected chi connectivity index (χ0v) is 13.9. The first kappa shape index (κ1) is 15.2. The standard InChI is InChI=1S/C18H16FN5O2/c19-17-10-18(11-17,12-17)23-7-6-22(15(25)16(23)26)9-13-2-3-14(20-8-13)24-5-1-4-21-24/h1-8H,9-12H2. The second kappa shape index (κ2) is 5.00. The van der Waals surface area contributed by atoms with Gasteiger partial charge in [-0.05, 0) is 17.7 Å². The normalized spacial score (nSPS) is 26.2. The summed E-state index contributed by atoms with van der Waals surface area (Å²) in [5.74, 6) is 0.672. The van der Waals surface area contributed by atoms with Crippen LogP contribution in [0.2, 0.25) is 0 Å². The van der Waals surface area contributed by atoms with Crippen molar-refractivity contribution in [2.24, 2.45) is 0 Å². The third kappa shape index (κ3) is 2.11. The van der Waals surface area contributed by atoms with E-state index in [1.807, 2.05) is 6.07 Å². The Hall–Kier alpha value is -3.03. The summed E-state index contributed by atoms with van der Waals surface area (Å²) in [6.07, 6.45) is 9.32. The fraction of sp³-hybridized carbons (Fsp3) is 0.333. The average molecular weight is 353 g/mol. The van der Waals surface area contributed by atoms with E-state index in [2.05, 4.69) is 10.1 Å². The Morgan fingerprint density at radius 1 is 1.08 bits per heavy atom. The Morgan fingerprint density at radius 2 is 1.88 bits per heavy atom. The Bertz CT molecular complexity index is 1080. The molecular weight excluding hydrogens is 337 g/mol. The maximum Gasteiger partial charge on any atom is 0.316 e. The zero-order chi connectivity index (χ0) is 17.9. The van der Waals surface area contributed by atoms with Crippen molar-refractivity contribution < 1.29 is 4.39 Å². The van der Waals surface area contributed by atoms with Gasteiger partial charge in [0.25, 0.3) is 0 Å². The number of nitrogens with zero attached hydrogens (tertiary/aromatic N) is 5. The van der Waals surface area contributed by atoms with Crippen molar-refractivity contribution in [3.05, 3.63) is 75.5 Å². The summed E-state index contributed by atoms with van der Waals surface area (Å²) in [4.78, 5) is 29.2. The molecule has 3 saturated carbocycles. The van der Waals surface area contributed by atoms with Crippen LogP contribution in [0.4, 0.5) is 4.39 Å². The first-order chi connectivity index (χ1) is 12.5. The molecule has 0 N–H and O–H groups in total. The molecule has 26 heavy (non-hydrogen) atoms. The van der Waals surface area contributed by atoms with Gasteiger partial charge in [-0.2, -0.15) is 5.10 Å². The van der Waals surface area contributed by atoms with Crippen LogP contribution in [0.3, 0.4) is 0 Å². The van der Waals surface area contributed by atoms with Crippen molar-refractivity contribution in [2.45, 2.75) is 37.0 Å². The lowest BCUT2D eigenvalue weighted by molar-refractivity contribution is -0.199. The van der Waals surface area contributed by atoms with E-state index in [4.69, 9.17) is 0 Å². The predicted octanol–water partition coefficient (Wildman–Crippen LogP) is 1.24. The average Bonchev–Trinajstić information content (AvgIpc) is 3.11. The molecule has 3 aliphatic rings. The molecule has 0 aromatic carbocycles. The van der Waals surface area contributed by atoms with E-state index in [0.717, 1.165) is 5.56 Å². The van der Waals surface area contributed by atoms with Crippen LogP contribution in [-0.4, -0.2) is 29.6 Å². The fourth-order valence-corrected chi connectivity index (χ4v) is 4.12. The van der Waals surface area contributed by atoms with E-state index in [1.54, 1.807) is 47.8 Å². The molecule has 3 aromatic rings. The third-order valence-electron chi connectivity index (χ3n) is 5.41. The van der Waals surface area contributed by atoms with Gasteiger partial charge in [0.1, 0.15) is 5.67 Å². The molecule has 3 heterocycles. The Morgan fingerprint density at radius 3 is 2.50 bits per heavy atom. The van der Waals surface area contributed by atoms with Crippen molar-refractivity contribution in [3.63, 3.8) is 0 Å². The smallest absolute Gasteiger partial charge is 0.305 e. The number of hydrogen-bond acceptors (Lipinski definition) is 4. The van der Waals surface area contributed by atoms with E-state index >= 15 is 0 Å². The van der Waals surface area contributed by atoms with Crippen molar-refractivity contribution in [3.8, 4) is 5.82 Å². The van der Waals surface area contributed by atoms with Gasteiger partial charge < -0.3 is 9.13 Å². The van der Waals surface area contributed by atoms with Crippen LogP contribution in [-0.2, 0) is 12.1 Å². The van der Waals surface area contributed by atoms with Gasteiger partial charge in [0.2, 0.25) is 0 Å². The maximum absolute atomic E-state index is 13.7. The van der Waals surface area contributed by atoms with E-state index in [-0.39, 0.29) is 6.54 Å². The van der Waals surface area contributed by atoms with Crippen molar-refractivity contribution in [1.82, 2.24) is 23.9 Å². The van der Waals surface area contributed by atoms with Gasteiger partial charge in [0.05, 0.1) is 12.1 Å². The predicted molar refractivity (Wildman–Crippen MR) is 91.1 cm³/mol. The second-order valence-corrected chi connectivity index (χ2v) is 7.29. The lowest BCUT2D eigenvalue weighted by Gasteiger charge is -2.65. The minimum atomic E-state index is -1.11. The van der Waals surface area contributed by atoms with Crippen LogP contribution < -0.4 is 11.1 Å². The van der Waals surface area contributed by atoms with Crippen LogP contribution in [0, 0.1) is 0 Å². The molecule has 3 aromatic heterocycles. The summed E-state index contributed by atoms with van der Waals surface area (Å²) in [7, 11) is 0. The van der Waals surface area contributed by atoms with Gasteiger partial charge in [0.15, 0.2) is 5.82 Å². The number of aromatic nitrogens is 5. The molecule has 3 aliphatic carbocycles. The fourth-order valence-electron chi connectivity index (χ4n) is 4.12. The van der Waals surface area contributed by atoms with Crippen molar-refractivity contribution >= 4 is 0 Å². The number of hydrogen-bond donors (Lipinski definition) is 0. The lowest BCUT2D eigenvalue weighted by atomic mass is 9.47. The molecule has 3 fully saturated rings. The van der Waals surface area contributed by atoms with Crippen LogP contribution in [0.15, 0.2) is 58.8 Å². The highest BCUT2D eigenvalue weighted by Gasteiger charge is 2.70. The van der Waals surface area contributed by atoms with Gasteiger partial charge in [-0.15, -0.1) is 0 Å². The second-order valence-electron chi connectivity index (χ2n) is 7.29. The van der Waals surface area contributed by atoms with Gasteiger partial charge in [0, 0.05) is 50.2 Å². The molecule has 0 amide bonds. The van der Waals surface area contributed by atoms with Crippen molar-refractivity contribution in [2.75, 3.05) is 0 Å². The van der Waals surface area contributed by atoms with E-state index in [1.165, 1.54) is 9.13 Å². The number of halogens is 1. The summed E-state index contributed by atoms with van der Waals surface area (Å²) in [5, 5.41) is 4.11. The number of pyridine rings is 1. The highest BCUT2D eigenvalue weighted by Crippen LogP contribution is 2.66. The summed E-state index contributed by atoms with van der Waals surface area (Å²) in [5.41, 5.74) is -1.97. The van der Waals surface area contributed by atoms with E-state index in [0.29, 0.717) is 25.1 Å². The quantitative estimate of drug-likeness (QED) is 0.662. The first-order valence-corrected chi connectivity index (χ1v) is 8.45. The Labute approximate surface area is 147 Å². The molecule has 0 aliphatic heterocycles. The molecule has 0 unspecified atom stereocenters. The molecule has 2 bridgehead atoms. The summed E-state index contributed by atoms with van der Waals surface area (Å²) >= 11 is 0. The molecular formula is C18H16FN5O2. The van der Waals surface area contributed by atoms with Crippen LogP contribution in [0.25, 0.3) is 5.82 Å². The number of rotatable bonds is 4. The molecule has 0 atom stereocenters.